The van der Waals surface area contributed by atoms with Crippen molar-refractivity contribution >= 4 is 0 Å². The van der Waals surface area contributed by atoms with Crippen molar-refractivity contribution in [3.05, 3.63) is 12.2 Å². The Morgan fingerprint density at radius 2 is 2.00 bits per heavy atom. The van der Waals surface area contributed by atoms with E-state index in [9.17, 15) is 0 Å². The van der Waals surface area contributed by atoms with Crippen LogP contribution in [0.3, 0.4) is 0 Å². The van der Waals surface area contributed by atoms with Gasteiger partial charge in [0.25, 0.3) is 0 Å². The lowest BCUT2D eigenvalue weighted by Crippen LogP contribution is -2.33. The Labute approximate surface area is 111 Å². The highest BCUT2D eigenvalue weighted by Gasteiger charge is 2.19. The van der Waals surface area contributed by atoms with Crippen LogP contribution in [0.15, 0.2) is 6.33 Å². The molecule has 0 fully saturated rings. The van der Waals surface area contributed by atoms with Crippen LogP contribution < -0.4 is 5.32 Å². The second-order valence-electron chi connectivity index (χ2n) is 6.71. The third-order valence-corrected chi connectivity index (χ3v) is 2.93. The van der Waals surface area contributed by atoms with E-state index in [1.807, 2.05) is 11.7 Å². The van der Waals surface area contributed by atoms with Gasteiger partial charge in [-0.1, -0.05) is 34.6 Å². The second-order valence-corrected chi connectivity index (χ2v) is 6.71. The van der Waals surface area contributed by atoms with Crippen LogP contribution in [0.2, 0.25) is 0 Å². The largest absolute Gasteiger partial charge is 0.317 e. The van der Waals surface area contributed by atoms with Gasteiger partial charge in [0.05, 0.1) is 0 Å². The molecule has 0 spiro atoms. The van der Waals surface area contributed by atoms with Gasteiger partial charge in [-0.2, -0.15) is 5.10 Å². The minimum Gasteiger partial charge on any atom is -0.317 e. The molecule has 104 valence electrons. The molecule has 0 aliphatic rings. The van der Waals surface area contributed by atoms with Gasteiger partial charge >= 0.3 is 0 Å². The Bertz CT molecular complexity index is 349. The van der Waals surface area contributed by atoms with Gasteiger partial charge in [0.2, 0.25) is 0 Å². The molecule has 0 saturated heterocycles. The van der Waals surface area contributed by atoms with Gasteiger partial charge in [0, 0.05) is 19.0 Å². The average molecular weight is 252 g/mol. The molecule has 1 aromatic heterocycles. The van der Waals surface area contributed by atoms with Crippen LogP contribution >= 0.6 is 0 Å². The first-order valence-corrected chi connectivity index (χ1v) is 6.86. The first kappa shape index (κ1) is 15.2. The molecule has 1 rings (SSSR count). The fraction of sp³-hybridized carbons (Fsp3) is 0.857. The summed E-state index contributed by atoms with van der Waals surface area (Å²) >= 11 is 0. The maximum atomic E-state index is 4.40. The third kappa shape index (κ3) is 5.17. The summed E-state index contributed by atoms with van der Waals surface area (Å²) in [7, 11) is 2.03. The van der Waals surface area contributed by atoms with Crippen LogP contribution in [0, 0.1) is 11.3 Å². The Hall–Kier alpha value is -0.900. The van der Waals surface area contributed by atoms with Gasteiger partial charge in [0.15, 0.2) is 0 Å². The van der Waals surface area contributed by atoms with Crippen molar-refractivity contribution in [2.75, 3.05) is 7.05 Å². The van der Waals surface area contributed by atoms with E-state index in [0.717, 1.165) is 25.2 Å². The fourth-order valence-corrected chi connectivity index (χ4v) is 2.18. The van der Waals surface area contributed by atoms with Crippen molar-refractivity contribution in [2.24, 2.45) is 11.3 Å². The lowest BCUT2D eigenvalue weighted by molar-refractivity contribution is 0.310. The minimum atomic E-state index is 0.330. The topological polar surface area (TPSA) is 42.7 Å². The predicted octanol–water partition coefficient (Wildman–Crippen LogP) is 2.50. The highest BCUT2D eigenvalue weighted by atomic mass is 15.3. The fourth-order valence-electron chi connectivity index (χ4n) is 2.18. The first-order chi connectivity index (χ1) is 8.31. The van der Waals surface area contributed by atoms with Crippen molar-refractivity contribution in [3.63, 3.8) is 0 Å². The minimum absolute atomic E-state index is 0.330. The van der Waals surface area contributed by atoms with E-state index in [1.54, 1.807) is 6.33 Å². The second kappa shape index (κ2) is 6.32. The number of rotatable bonds is 6. The Kier molecular flexibility index (Phi) is 5.32. The molecule has 1 heterocycles. The van der Waals surface area contributed by atoms with Gasteiger partial charge in [-0.3, -0.25) is 0 Å². The lowest BCUT2D eigenvalue weighted by Gasteiger charge is -2.25. The van der Waals surface area contributed by atoms with Crippen LogP contribution in [-0.2, 0) is 13.0 Å². The molecule has 0 saturated carbocycles. The normalized spacial score (nSPS) is 14.2. The maximum absolute atomic E-state index is 4.40. The summed E-state index contributed by atoms with van der Waals surface area (Å²) in [4.78, 5) is 4.40. The van der Waals surface area contributed by atoms with Crippen molar-refractivity contribution in [1.82, 2.24) is 20.1 Å². The van der Waals surface area contributed by atoms with E-state index in [4.69, 9.17) is 0 Å². The zero-order valence-corrected chi connectivity index (χ0v) is 12.7. The predicted molar refractivity (Wildman–Crippen MR) is 75.5 cm³/mol. The van der Waals surface area contributed by atoms with Crippen LogP contribution in [0.4, 0.5) is 0 Å². The van der Waals surface area contributed by atoms with Crippen molar-refractivity contribution in [2.45, 2.75) is 60.0 Å². The summed E-state index contributed by atoms with van der Waals surface area (Å²) in [6.45, 7) is 12.2. The third-order valence-electron chi connectivity index (χ3n) is 2.93. The summed E-state index contributed by atoms with van der Waals surface area (Å²) in [6, 6.07) is 0.458. The Morgan fingerprint density at radius 3 is 2.50 bits per heavy atom. The summed E-state index contributed by atoms with van der Waals surface area (Å²) < 4.78 is 2.04. The standard InChI is InChI=1S/C14H28N4/c1-11(2)9-18-13(16-10-17-18)7-12(15-6)8-14(3,4)5/h10-12,15H,7-9H2,1-6H3. The van der Waals surface area contributed by atoms with Crippen molar-refractivity contribution < 1.29 is 0 Å². The van der Waals surface area contributed by atoms with E-state index in [1.165, 1.54) is 0 Å². The molecule has 1 N–H and O–H groups in total. The highest BCUT2D eigenvalue weighted by Crippen LogP contribution is 2.22. The van der Waals surface area contributed by atoms with Gasteiger partial charge in [0.1, 0.15) is 12.2 Å². The van der Waals surface area contributed by atoms with E-state index >= 15 is 0 Å². The van der Waals surface area contributed by atoms with Gasteiger partial charge in [-0.05, 0) is 24.8 Å². The monoisotopic (exact) mass is 252 g/mol. The average Bonchev–Trinajstić information content (AvgIpc) is 2.61. The van der Waals surface area contributed by atoms with E-state index in [0.29, 0.717) is 17.4 Å². The molecule has 0 amide bonds. The zero-order chi connectivity index (χ0) is 13.8. The maximum Gasteiger partial charge on any atom is 0.138 e. The molecule has 0 aromatic carbocycles. The van der Waals surface area contributed by atoms with E-state index in [-0.39, 0.29) is 0 Å². The number of aromatic nitrogens is 3. The molecule has 0 bridgehead atoms. The summed E-state index contributed by atoms with van der Waals surface area (Å²) in [6.07, 6.45) is 3.75. The first-order valence-electron chi connectivity index (χ1n) is 6.86. The van der Waals surface area contributed by atoms with Crippen LogP contribution in [-0.4, -0.2) is 27.9 Å². The molecule has 1 atom stereocenters. The van der Waals surface area contributed by atoms with Crippen molar-refractivity contribution in [1.29, 1.82) is 0 Å². The molecule has 1 unspecified atom stereocenters. The SMILES string of the molecule is CNC(Cc1ncnn1CC(C)C)CC(C)(C)C. The number of likely N-dealkylation sites (N-methyl/N-ethyl adjacent to an activating group) is 1. The number of nitrogens with one attached hydrogen (secondary N) is 1. The van der Waals surface area contributed by atoms with Crippen LogP contribution in [0.1, 0.15) is 46.9 Å². The number of hydrogen-bond donors (Lipinski definition) is 1. The zero-order valence-electron chi connectivity index (χ0n) is 12.7. The molecule has 0 aliphatic carbocycles. The molecule has 0 radical (unpaired) electrons. The summed E-state index contributed by atoms with van der Waals surface area (Å²) in [5, 5.41) is 7.71. The Balaban J connectivity index is 2.67. The molecular weight excluding hydrogens is 224 g/mol. The molecule has 1 aromatic rings. The Morgan fingerprint density at radius 1 is 1.33 bits per heavy atom. The molecular formula is C14H28N4. The van der Waals surface area contributed by atoms with E-state index < -0.39 is 0 Å². The summed E-state index contributed by atoms with van der Waals surface area (Å²) in [5.74, 6) is 1.69. The molecule has 4 nitrogen and oxygen atoms in total. The van der Waals surface area contributed by atoms with Gasteiger partial charge < -0.3 is 5.32 Å². The van der Waals surface area contributed by atoms with Crippen LogP contribution in [0.25, 0.3) is 0 Å². The van der Waals surface area contributed by atoms with E-state index in [2.05, 4.69) is 50.0 Å². The molecule has 4 heteroatoms. The van der Waals surface area contributed by atoms with Crippen molar-refractivity contribution in [3.8, 4) is 0 Å². The smallest absolute Gasteiger partial charge is 0.138 e. The van der Waals surface area contributed by atoms with Gasteiger partial charge in [-0.25, -0.2) is 9.67 Å². The number of hydrogen-bond acceptors (Lipinski definition) is 3. The summed E-state index contributed by atoms with van der Waals surface area (Å²) in [5.41, 5.74) is 0.330. The van der Waals surface area contributed by atoms with Crippen LogP contribution in [0.5, 0.6) is 0 Å². The van der Waals surface area contributed by atoms with Gasteiger partial charge in [-0.15, -0.1) is 0 Å². The highest BCUT2D eigenvalue weighted by molar-refractivity contribution is 4.91. The lowest BCUT2D eigenvalue weighted by atomic mass is 9.87. The quantitative estimate of drug-likeness (QED) is 0.846. The molecule has 0 aliphatic heterocycles. The molecule has 18 heavy (non-hydrogen) atoms. The number of nitrogens with zero attached hydrogens (tertiary/aromatic N) is 3.